The van der Waals surface area contributed by atoms with Crippen LogP contribution in [0, 0.1) is 0 Å². The first-order valence-electron chi connectivity index (χ1n) is 11.4. The van der Waals surface area contributed by atoms with Crippen LogP contribution in [0.3, 0.4) is 0 Å². The summed E-state index contributed by atoms with van der Waals surface area (Å²) in [6.07, 6.45) is 11.4. The molecular formula is C23H38N6. The van der Waals surface area contributed by atoms with Crippen LogP contribution in [0.5, 0.6) is 0 Å². The number of nitrogens with zero attached hydrogens (tertiary/aromatic N) is 4. The van der Waals surface area contributed by atoms with Crippen molar-refractivity contribution >= 4 is 11.8 Å². The van der Waals surface area contributed by atoms with Crippen LogP contribution in [-0.4, -0.2) is 61.2 Å². The number of hydrogen-bond donors (Lipinski definition) is 2. The summed E-state index contributed by atoms with van der Waals surface area (Å²) in [7, 11) is 0. The molecule has 1 aromatic heterocycles. The Morgan fingerprint density at radius 1 is 1.21 bits per heavy atom. The first-order chi connectivity index (χ1) is 14.3. The molecule has 0 saturated carbocycles. The SMILES string of the molecule is C=CCN1CCC(NC(=NCc2ccnc(N3CCCCCC3)c2)NCC)CC1. The number of rotatable bonds is 7. The topological polar surface area (TPSA) is 55.8 Å². The summed E-state index contributed by atoms with van der Waals surface area (Å²) in [5, 5.41) is 7.04. The van der Waals surface area contributed by atoms with E-state index in [-0.39, 0.29) is 0 Å². The smallest absolute Gasteiger partial charge is 0.191 e. The van der Waals surface area contributed by atoms with E-state index in [0.717, 1.165) is 63.9 Å². The van der Waals surface area contributed by atoms with E-state index in [0.29, 0.717) is 12.6 Å². The van der Waals surface area contributed by atoms with E-state index >= 15 is 0 Å². The van der Waals surface area contributed by atoms with Crippen molar-refractivity contribution in [3.63, 3.8) is 0 Å². The lowest BCUT2D eigenvalue weighted by Gasteiger charge is -2.32. The molecule has 1 aromatic rings. The average Bonchev–Trinajstić information content (AvgIpc) is 3.04. The lowest BCUT2D eigenvalue weighted by Crippen LogP contribution is -2.48. The number of aromatic nitrogens is 1. The van der Waals surface area contributed by atoms with Gasteiger partial charge in [-0.15, -0.1) is 6.58 Å². The highest BCUT2D eigenvalue weighted by molar-refractivity contribution is 5.80. The minimum atomic E-state index is 0.485. The lowest BCUT2D eigenvalue weighted by atomic mass is 10.1. The minimum Gasteiger partial charge on any atom is -0.357 e. The largest absolute Gasteiger partial charge is 0.357 e. The third-order valence-corrected chi connectivity index (χ3v) is 5.82. The fraction of sp³-hybridized carbons (Fsp3) is 0.652. The van der Waals surface area contributed by atoms with Gasteiger partial charge in [-0.1, -0.05) is 18.9 Å². The first-order valence-corrected chi connectivity index (χ1v) is 11.4. The van der Waals surface area contributed by atoms with Gasteiger partial charge in [-0.25, -0.2) is 9.98 Å². The molecule has 6 heteroatoms. The Morgan fingerprint density at radius 3 is 2.66 bits per heavy atom. The maximum absolute atomic E-state index is 4.86. The van der Waals surface area contributed by atoms with Crippen molar-refractivity contribution in [3.05, 3.63) is 36.5 Å². The number of anilines is 1. The van der Waals surface area contributed by atoms with Crippen LogP contribution in [0.2, 0.25) is 0 Å². The van der Waals surface area contributed by atoms with Crippen molar-refractivity contribution in [1.82, 2.24) is 20.5 Å². The van der Waals surface area contributed by atoms with E-state index in [1.165, 1.54) is 31.2 Å². The molecule has 0 atom stereocenters. The molecule has 0 bridgehead atoms. The molecule has 6 nitrogen and oxygen atoms in total. The van der Waals surface area contributed by atoms with Crippen LogP contribution in [-0.2, 0) is 6.54 Å². The highest BCUT2D eigenvalue weighted by Gasteiger charge is 2.19. The average molecular weight is 399 g/mol. The zero-order valence-corrected chi connectivity index (χ0v) is 18.1. The summed E-state index contributed by atoms with van der Waals surface area (Å²) in [5.74, 6) is 2.02. The summed E-state index contributed by atoms with van der Waals surface area (Å²) in [5.41, 5.74) is 1.22. The minimum absolute atomic E-state index is 0.485. The van der Waals surface area contributed by atoms with Gasteiger partial charge in [0.2, 0.25) is 0 Å². The van der Waals surface area contributed by atoms with Crippen LogP contribution in [0.1, 0.15) is 51.0 Å². The Labute approximate surface area is 176 Å². The Hall–Kier alpha value is -2.08. The normalized spacial score (nSPS) is 19.6. The van der Waals surface area contributed by atoms with Gasteiger partial charge in [0.15, 0.2) is 5.96 Å². The molecule has 29 heavy (non-hydrogen) atoms. The molecule has 3 heterocycles. The highest BCUT2D eigenvalue weighted by Crippen LogP contribution is 2.18. The van der Waals surface area contributed by atoms with Gasteiger partial charge in [-0.3, -0.25) is 4.90 Å². The number of piperidine rings is 1. The van der Waals surface area contributed by atoms with E-state index < -0.39 is 0 Å². The van der Waals surface area contributed by atoms with Crippen molar-refractivity contribution in [2.24, 2.45) is 4.99 Å². The maximum Gasteiger partial charge on any atom is 0.191 e. The van der Waals surface area contributed by atoms with Crippen LogP contribution >= 0.6 is 0 Å². The van der Waals surface area contributed by atoms with Crippen molar-refractivity contribution < 1.29 is 0 Å². The van der Waals surface area contributed by atoms with E-state index in [2.05, 4.69) is 51.1 Å². The molecule has 2 N–H and O–H groups in total. The van der Waals surface area contributed by atoms with E-state index in [1.807, 2.05) is 12.3 Å². The molecular weight excluding hydrogens is 360 g/mol. The molecule has 2 aliphatic rings. The Kier molecular flexibility index (Phi) is 8.81. The maximum atomic E-state index is 4.86. The highest BCUT2D eigenvalue weighted by atomic mass is 15.2. The first kappa shape index (κ1) is 21.6. The van der Waals surface area contributed by atoms with E-state index in [1.54, 1.807) is 0 Å². The summed E-state index contributed by atoms with van der Waals surface area (Å²) in [6.45, 7) is 13.0. The summed E-state index contributed by atoms with van der Waals surface area (Å²) >= 11 is 0. The van der Waals surface area contributed by atoms with Crippen molar-refractivity contribution in [3.8, 4) is 0 Å². The lowest BCUT2D eigenvalue weighted by molar-refractivity contribution is 0.225. The van der Waals surface area contributed by atoms with Crippen LogP contribution in [0.15, 0.2) is 36.0 Å². The van der Waals surface area contributed by atoms with Gasteiger partial charge in [-0.05, 0) is 50.3 Å². The monoisotopic (exact) mass is 398 g/mol. The molecule has 0 spiro atoms. The van der Waals surface area contributed by atoms with Crippen LogP contribution < -0.4 is 15.5 Å². The Morgan fingerprint density at radius 2 is 1.97 bits per heavy atom. The summed E-state index contributed by atoms with van der Waals surface area (Å²) in [4.78, 5) is 14.4. The number of likely N-dealkylation sites (tertiary alicyclic amines) is 1. The zero-order valence-electron chi connectivity index (χ0n) is 18.1. The molecule has 0 aromatic carbocycles. The predicted octanol–water partition coefficient (Wildman–Crippen LogP) is 3.17. The quantitative estimate of drug-likeness (QED) is 0.420. The van der Waals surface area contributed by atoms with Crippen LogP contribution in [0.4, 0.5) is 5.82 Å². The Balaban J connectivity index is 1.57. The fourth-order valence-corrected chi connectivity index (χ4v) is 4.16. The second kappa shape index (κ2) is 11.8. The summed E-state index contributed by atoms with van der Waals surface area (Å²) in [6, 6.07) is 4.79. The second-order valence-corrected chi connectivity index (χ2v) is 8.13. The predicted molar refractivity (Wildman–Crippen MR) is 123 cm³/mol. The van der Waals surface area contributed by atoms with Crippen molar-refractivity contribution in [2.75, 3.05) is 44.2 Å². The van der Waals surface area contributed by atoms with Gasteiger partial charge < -0.3 is 15.5 Å². The molecule has 0 radical (unpaired) electrons. The molecule has 2 saturated heterocycles. The molecule has 0 aliphatic carbocycles. The molecule has 3 rings (SSSR count). The molecule has 2 fully saturated rings. The summed E-state index contributed by atoms with van der Waals surface area (Å²) < 4.78 is 0. The number of nitrogens with one attached hydrogen (secondary N) is 2. The van der Waals surface area contributed by atoms with Gasteiger partial charge in [0, 0.05) is 51.5 Å². The third kappa shape index (κ3) is 7.03. The number of pyridine rings is 1. The number of guanidine groups is 1. The Bertz CT molecular complexity index is 643. The molecule has 160 valence electrons. The fourth-order valence-electron chi connectivity index (χ4n) is 4.16. The van der Waals surface area contributed by atoms with Crippen molar-refractivity contribution in [1.29, 1.82) is 0 Å². The standard InChI is InChI=1S/C23H38N6/c1-3-13-28-16-10-21(11-17-28)27-23(24-4-2)26-19-20-9-12-25-22(18-20)29-14-7-5-6-8-15-29/h3,9,12,18,21H,1,4-8,10-11,13-17,19H2,2H3,(H2,24,26,27). The van der Waals surface area contributed by atoms with Gasteiger partial charge in [0.05, 0.1) is 6.54 Å². The number of aliphatic imine (C=N–C) groups is 1. The van der Waals surface area contributed by atoms with Crippen LogP contribution in [0.25, 0.3) is 0 Å². The van der Waals surface area contributed by atoms with E-state index in [9.17, 15) is 0 Å². The van der Waals surface area contributed by atoms with Gasteiger partial charge in [0.1, 0.15) is 5.82 Å². The van der Waals surface area contributed by atoms with Gasteiger partial charge in [0.25, 0.3) is 0 Å². The van der Waals surface area contributed by atoms with E-state index in [4.69, 9.17) is 4.99 Å². The van der Waals surface area contributed by atoms with Gasteiger partial charge in [-0.2, -0.15) is 0 Å². The number of hydrogen-bond acceptors (Lipinski definition) is 4. The second-order valence-electron chi connectivity index (χ2n) is 8.13. The molecule has 2 aliphatic heterocycles. The van der Waals surface area contributed by atoms with Crippen molar-refractivity contribution in [2.45, 2.75) is 58.0 Å². The molecule has 0 amide bonds. The zero-order chi connectivity index (χ0) is 20.3. The van der Waals surface area contributed by atoms with Gasteiger partial charge >= 0.3 is 0 Å². The molecule has 0 unspecified atom stereocenters. The third-order valence-electron chi connectivity index (χ3n) is 5.82.